The smallest absolute Gasteiger partial charge is 0.353 e. The number of carbonyl (C=O) groups excluding carboxylic acids is 1. The summed E-state index contributed by atoms with van der Waals surface area (Å²) in [7, 11) is 0. The lowest BCUT2D eigenvalue weighted by molar-refractivity contribution is -0.118. The Morgan fingerprint density at radius 2 is 1.64 bits per heavy atom. The summed E-state index contributed by atoms with van der Waals surface area (Å²) in [6.45, 7) is 3.67. The molecular weight excluding hydrogens is 524 g/mol. The Bertz CT molecular complexity index is 1660. The first-order chi connectivity index (χ1) is 18.7. The van der Waals surface area contributed by atoms with Crippen LogP contribution >= 0.6 is 11.6 Å². The zero-order chi connectivity index (χ0) is 28.1. The van der Waals surface area contributed by atoms with E-state index in [-0.39, 0.29) is 31.0 Å². The third kappa shape index (κ3) is 6.08. The van der Waals surface area contributed by atoms with Crippen molar-refractivity contribution in [3.05, 3.63) is 104 Å². The summed E-state index contributed by atoms with van der Waals surface area (Å²) < 4.78 is 9.03. The Morgan fingerprint density at radius 3 is 2.23 bits per heavy atom. The number of hydrogen-bond acceptors (Lipinski definition) is 8. The molecule has 0 atom stereocenters. The maximum absolute atomic E-state index is 13.1. The average Bonchev–Trinajstić information content (AvgIpc) is 2.95. The molecule has 13 heteroatoms. The largest absolute Gasteiger partial charge is 0.456 e. The van der Waals surface area contributed by atoms with E-state index in [1.54, 1.807) is 74.5 Å². The van der Waals surface area contributed by atoms with E-state index in [1.807, 2.05) is 0 Å². The quantitative estimate of drug-likeness (QED) is 0.194. The van der Waals surface area contributed by atoms with E-state index in [9.17, 15) is 14.4 Å². The number of anilines is 1. The van der Waals surface area contributed by atoms with Gasteiger partial charge in [-0.2, -0.15) is 4.68 Å². The molecule has 39 heavy (non-hydrogen) atoms. The van der Waals surface area contributed by atoms with E-state index in [4.69, 9.17) is 28.0 Å². The minimum atomic E-state index is -0.679. The normalized spacial score (nSPS) is 11.4. The van der Waals surface area contributed by atoms with Crippen LogP contribution in [0, 0.1) is 0 Å². The molecule has 4 aromatic rings. The van der Waals surface area contributed by atoms with Gasteiger partial charge in [-0.3, -0.25) is 9.36 Å². The van der Waals surface area contributed by atoms with Gasteiger partial charge in [-0.05, 0) is 61.0 Å². The van der Waals surface area contributed by atoms with E-state index in [0.717, 1.165) is 19.8 Å². The fraction of sp³-hybridized carbons (Fsp3) is 0.192. The Balaban J connectivity index is 1.64. The van der Waals surface area contributed by atoms with Crippen LogP contribution in [0.1, 0.15) is 25.8 Å². The first-order valence-electron chi connectivity index (χ1n) is 12.0. The number of aromatic nitrogens is 4. The van der Waals surface area contributed by atoms with Crippen molar-refractivity contribution in [1.82, 2.24) is 18.8 Å². The van der Waals surface area contributed by atoms with Gasteiger partial charge in [-0.1, -0.05) is 30.7 Å². The van der Waals surface area contributed by atoms with Gasteiger partial charge in [0.05, 0.1) is 18.4 Å². The zero-order valence-corrected chi connectivity index (χ0v) is 22.1. The third-order valence-electron chi connectivity index (χ3n) is 5.77. The molecule has 0 spiro atoms. The molecule has 0 saturated heterocycles. The van der Waals surface area contributed by atoms with Gasteiger partial charge in [0.1, 0.15) is 17.3 Å². The molecule has 0 aliphatic carbocycles. The first kappa shape index (κ1) is 27.4. The predicted octanol–water partition coefficient (Wildman–Crippen LogP) is 2.28. The summed E-state index contributed by atoms with van der Waals surface area (Å²) in [6, 6.07) is 16.8. The summed E-state index contributed by atoms with van der Waals surface area (Å²) in [5.41, 5.74) is -0.0260. The van der Waals surface area contributed by atoms with Gasteiger partial charge in [0.25, 0.3) is 0 Å². The number of pyridine rings is 1. The molecule has 0 aliphatic heterocycles. The molecule has 0 unspecified atom stereocenters. The molecule has 0 bridgehead atoms. The van der Waals surface area contributed by atoms with Crippen molar-refractivity contribution in [3.63, 3.8) is 0 Å². The summed E-state index contributed by atoms with van der Waals surface area (Å²) in [4.78, 5) is 46.2. The van der Waals surface area contributed by atoms with Crippen LogP contribution in [0.4, 0.5) is 11.5 Å². The number of hydrazine groups is 1. The first-order valence-corrected chi connectivity index (χ1v) is 12.4. The highest BCUT2D eigenvalue weighted by Crippen LogP contribution is 2.24. The second kappa shape index (κ2) is 11.8. The minimum absolute atomic E-state index is 0.0222. The lowest BCUT2D eigenvalue weighted by Crippen LogP contribution is -2.57. The molecule has 0 saturated carbocycles. The molecule has 202 valence electrons. The van der Waals surface area contributed by atoms with E-state index in [2.05, 4.69) is 9.98 Å². The number of nitrogen functional groups attached to an aromatic ring is 1. The Labute approximate surface area is 227 Å². The van der Waals surface area contributed by atoms with Crippen molar-refractivity contribution in [2.24, 2.45) is 10.8 Å². The lowest BCUT2D eigenvalue weighted by atomic mass is 10.2. The van der Waals surface area contributed by atoms with Crippen molar-refractivity contribution < 1.29 is 9.53 Å². The molecule has 1 amide bonds. The molecule has 4 N–H and O–H groups in total. The molecule has 2 aromatic carbocycles. The van der Waals surface area contributed by atoms with Crippen LogP contribution in [0.5, 0.6) is 11.5 Å². The highest BCUT2D eigenvalue weighted by molar-refractivity contribution is 6.30. The lowest BCUT2D eigenvalue weighted by Gasteiger charge is -2.14. The van der Waals surface area contributed by atoms with Crippen LogP contribution in [-0.4, -0.2) is 24.7 Å². The Hall–Kier alpha value is -4.68. The van der Waals surface area contributed by atoms with Crippen LogP contribution in [0.25, 0.3) is 0 Å². The average molecular weight is 551 g/mol. The van der Waals surface area contributed by atoms with Gasteiger partial charge in [0.2, 0.25) is 11.5 Å². The number of ether oxygens (including phenoxy) is 1. The van der Waals surface area contributed by atoms with Crippen molar-refractivity contribution in [3.8, 4) is 11.5 Å². The van der Waals surface area contributed by atoms with Gasteiger partial charge in [0.15, 0.2) is 0 Å². The van der Waals surface area contributed by atoms with E-state index in [0.29, 0.717) is 28.0 Å². The Kier molecular flexibility index (Phi) is 8.27. The van der Waals surface area contributed by atoms with Gasteiger partial charge in [-0.15, -0.1) is 0 Å². The van der Waals surface area contributed by atoms with Gasteiger partial charge in [0, 0.05) is 18.0 Å². The van der Waals surface area contributed by atoms with Crippen molar-refractivity contribution in [1.29, 1.82) is 0 Å². The van der Waals surface area contributed by atoms with E-state index < -0.39 is 11.4 Å². The van der Waals surface area contributed by atoms with Crippen LogP contribution < -0.4 is 38.4 Å². The molecule has 2 heterocycles. The van der Waals surface area contributed by atoms with Gasteiger partial charge < -0.3 is 10.6 Å². The molecule has 4 rings (SSSR count). The standard InChI is InChI=1S/C26H27ClN8O4/c1-3-23(36)34(28)22-14-13-21(15-30-22)39-20-11-9-19(10-12-20)31-24-33(16-17-5-7-18(27)8-6-17)25(37)32(4-2)26(38)35(24)29/h5-15H,3-4,16,28-29H2,1-2H3/b31-24-. The highest BCUT2D eigenvalue weighted by atomic mass is 35.5. The fourth-order valence-corrected chi connectivity index (χ4v) is 3.79. The second-order valence-corrected chi connectivity index (χ2v) is 8.81. The Morgan fingerprint density at radius 1 is 0.974 bits per heavy atom. The predicted molar refractivity (Wildman–Crippen MR) is 147 cm³/mol. The summed E-state index contributed by atoms with van der Waals surface area (Å²) in [5, 5.41) is 1.54. The number of hydrogen-bond donors (Lipinski definition) is 2. The molecule has 0 fully saturated rings. The summed E-state index contributed by atoms with van der Waals surface area (Å²) in [6.07, 6.45) is 1.71. The topological polar surface area (TPSA) is 156 Å². The van der Waals surface area contributed by atoms with Crippen LogP contribution in [0.3, 0.4) is 0 Å². The van der Waals surface area contributed by atoms with Gasteiger partial charge in [-0.25, -0.2) is 35.0 Å². The number of rotatable bonds is 8. The number of nitrogens with two attached hydrogens (primary N) is 2. The van der Waals surface area contributed by atoms with Crippen molar-refractivity contribution in [2.45, 2.75) is 33.4 Å². The number of benzene rings is 2. The third-order valence-corrected chi connectivity index (χ3v) is 6.02. The molecule has 12 nitrogen and oxygen atoms in total. The molecule has 0 aliphatic rings. The molecule has 0 radical (unpaired) electrons. The molecular formula is C26H27ClN8O4. The minimum Gasteiger partial charge on any atom is -0.456 e. The monoisotopic (exact) mass is 550 g/mol. The molecule has 2 aromatic heterocycles. The maximum Gasteiger partial charge on any atom is 0.353 e. The number of amides is 1. The van der Waals surface area contributed by atoms with Crippen molar-refractivity contribution in [2.75, 3.05) is 10.9 Å². The SMILES string of the molecule is CCC(=O)N(N)c1ccc(Oc2ccc(/N=c3\n(N)c(=O)n(CC)c(=O)n3Cc3ccc(Cl)cc3)cc2)cn1. The van der Waals surface area contributed by atoms with Crippen LogP contribution in [-0.2, 0) is 17.9 Å². The fourth-order valence-electron chi connectivity index (χ4n) is 3.67. The van der Waals surface area contributed by atoms with Crippen molar-refractivity contribution >= 4 is 29.0 Å². The van der Waals surface area contributed by atoms with Crippen LogP contribution in [0.15, 0.2) is 81.4 Å². The number of nitrogens with zero attached hydrogens (tertiary/aromatic N) is 6. The summed E-state index contributed by atoms with van der Waals surface area (Å²) >= 11 is 5.99. The number of carbonyl (C=O) groups is 1. The van der Waals surface area contributed by atoms with Crippen LogP contribution in [0.2, 0.25) is 5.02 Å². The zero-order valence-electron chi connectivity index (χ0n) is 21.3. The maximum atomic E-state index is 13.1. The summed E-state index contributed by atoms with van der Waals surface area (Å²) in [5.74, 6) is 12.8. The number of halogens is 1. The van der Waals surface area contributed by atoms with E-state index >= 15 is 0 Å². The second-order valence-electron chi connectivity index (χ2n) is 8.37. The highest BCUT2D eigenvalue weighted by Gasteiger charge is 2.13. The van der Waals surface area contributed by atoms with E-state index in [1.165, 1.54) is 10.8 Å². The van der Waals surface area contributed by atoms with Gasteiger partial charge >= 0.3 is 11.4 Å².